The Morgan fingerprint density at radius 1 is 1.29 bits per heavy atom. The first kappa shape index (κ1) is 20.1. The first-order chi connectivity index (χ1) is 13.3. The number of aromatic nitrogens is 2. The zero-order valence-corrected chi connectivity index (χ0v) is 16.8. The van der Waals surface area contributed by atoms with E-state index in [0.717, 1.165) is 48.6 Å². The van der Waals surface area contributed by atoms with Crippen LogP contribution in [0.4, 0.5) is 5.69 Å². The number of carbonyl (C=O) groups excluding carboxylic acids is 2. The lowest BCUT2D eigenvalue weighted by Crippen LogP contribution is -2.40. The second-order valence-corrected chi connectivity index (χ2v) is 7.71. The second kappa shape index (κ2) is 8.56. The van der Waals surface area contributed by atoms with Gasteiger partial charge in [0.25, 0.3) is 0 Å². The molecule has 2 heterocycles. The molecule has 2 aromatic rings. The molecule has 1 fully saturated rings. The van der Waals surface area contributed by atoms with Gasteiger partial charge in [0.2, 0.25) is 11.8 Å². The van der Waals surface area contributed by atoms with Crippen molar-refractivity contribution in [3.05, 3.63) is 47.3 Å². The van der Waals surface area contributed by atoms with Crippen molar-refractivity contribution < 1.29 is 9.59 Å². The summed E-state index contributed by atoms with van der Waals surface area (Å²) in [5, 5.41) is 7.34. The van der Waals surface area contributed by atoms with Crippen molar-refractivity contribution >= 4 is 17.5 Å². The van der Waals surface area contributed by atoms with Crippen LogP contribution in [0.25, 0.3) is 0 Å². The molecule has 2 atom stereocenters. The number of amides is 2. The number of primary amides is 1. The third kappa shape index (κ3) is 4.78. The molecule has 7 heteroatoms. The molecule has 3 N–H and O–H groups in total. The van der Waals surface area contributed by atoms with Crippen LogP contribution in [0, 0.1) is 19.8 Å². The summed E-state index contributed by atoms with van der Waals surface area (Å²) in [6, 6.07) is 9.43. The van der Waals surface area contributed by atoms with E-state index in [1.807, 2.05) is 51.1 Å². The van der Waals surface area contributed by atoms with Crippen LogP contribution in [0.5, 0.6) is 0 Å². The van der Waals surface area contributed by atoms with Gasteiger partial charge in [-0.05, 0) is 63.9 Å². The molecule has 0 bridgehead atoms. The lowest BCUT2D eigenvalue weighted by Gasteiger charge is -2.31. The second-order valence-electron chi connectivity index (χ2n) is 7.71. The Bertz CT molecular complexity index is 843. The van der Waals surface area contributed by atoms with Crippen LogP contribution in [0.3, 0.4) is 0 Å². The molecule has 0 radical (unpaired) electrons. The fourth-order valence-corrected chi connectivity index (χ4v) is 3.78. The molecule has 2 amide bonds. The Morgan fingerprint density at radius 2 is 2.00 bits per heavy atom. The van der Waals surface area contributed by atoms with E-state index in [1.54, 1.807) is 4.68 Å². The normalized spacial score (nSPS) is 18.6. The van der Waals surface area contributed by atoms with Gasteiger partial charge >= 0.3 is 0 Å². The number of nitrogens with zero attached hydrogens (tertiary/aromatic N) is 3. The van der Waals surface area contributed by atoms with Crippen LogP contribution in [0.1, 0.15) is 42.8 Å². The molecule has 1 aromatic carbocycles. The van der Waals surface area contributed by atoms with E-state index in [1.165, 1.54) is 0 Å². The third-order valence-corrected chi connectivity index (χ3v) is 5.33. The number of nitrogens with one attached hydrogen (secondary N) is 1. The number of rotatable bonds is 6. The molecule has 3 rings (SSSR count). The molecule has 2 unspecified atom stereocenters. The maximum Gasteiger partial charge on any atom is 0.248 e. The number of piperidine rings is 1. The molecular formula is C21H29N5O2. The average molecular weight is 383 g/mol. The fraction of sp³-hybridized carbons (Fsp3) is 0.476. The summed E-state index contributed by atoms with van der Waals surface area (Å²) >= 11 is 0. The van der Waals surface area contributed by atoms with Crippen molar-refractivity contribution in [3.63, 3.8) is 0 Å². The molecular weight excluding hydrogens is 354 g/mol. The van der Waals surface area contributed by atoms with E-state index in [-0.39, 0.29) is 23.8 Å². The minimum Gasteiger partial charge on any atom is -0.369 e. The van der Waals surface area contributed by atoms with Crippen LogP contribution in [-0.4, -0.2) is 39.6 Å². The first-order valence-corrected chi connectivity index (χ1v) is 9.77. The maximum atomic E-state index is 12.6. The number of likely N-dealkylation sites (tertiary alicyclic amines) is 1. The average Bonchev–Trinajstić information content (AvgIpc) is 3.01. The number of aryl methyl sites for hydroxylation is 2. The van der Waals surface area contributed by atoms with E-state index >= 15 is 0 Å². The Kier molecular flexibility index (Phi) is 6.14. The van der Waals surface area contributed by atoms with E-state index in [9.17, 15) is 9.59 Å². The van der Waals surface area contributed by atoms with Gasteiger partial charge in [-0.1, -0.05) is 12.1 Å². The van der Waals surface area contributed by atoms with E-state index in [4.69, 9.17) is 5.73 Å². The first-order valence-electron chi connectivity index (χ1n) is 9.77. The van der Waals surface area contributed by atoms with Gasteiger partial charge in [-0.2, -0.15) is 5.10 Å². The zero-order chi connectivity index (χ0) is 20.3. The molecule has 1 aliphatic rings. The van der Waals surface area contributed by atoms with Crippen molar-refractivity contribution in [2.24, 2.45) is 11.7 Å². The number of hydrogen-bond acceptors (Lipinski definition) is 4. The highest BCUT2D eigenvalue weighted by Crippen LogP contribution is 2.20. The molecule has 1 aromatic heterocycles. The lowest BCUT2D eigenvalue weighted by molar-refractivity contribution is -0.123. The highest BCUT2D eigenvalue weighted by molar-refractivity contribution is 5.93. The summed E-state index contributed by atoms with van der Waals surface area (Å²) in [6.45, 7) is 8.17. The summed E-state index contributed by atoms with van der Waals surface area (Å²) in [7, 11) is 0. The van der Waals surface area contributed by atoms with E-state index < -0.39 is 0 Å². The number of carbonyl (C=O) groups is 2. The molecule has 28 heavy (non-hydrogen) atoms. The van der Waals surface area contributed by atoms with Crippen molar-refractivity contribution in [2.75, 3.05) is 18.4 Å². The van der Waals surface area contributed by atoms with E-state index in [0.29, 0.717) is 6.54 Å². The number of nitrogens with two attached hydrogens (primary N) is 1. The molecule has 0 saturated carbocycles. The van der Waals surface area contributed by atoms with Gasteiger partial charge in [-0.3, -0.25) is 19.2 Å². The fourth-order valence-electron chi connectivity index (χ4n) is 3.78. The monoisotopic (exact) mass is 383 g/mol. The Morgan fingerprint density at radius 3 is 2.61 bits per heavy atom. The van der Waals surface area contributed by atoms with Crippen molar-refractivity contribution in [1.29, 1.82) is 0 Å². The lowest BCUT2D eigenvalue weighted by atomic mass is 9.97. The van der Waals surface area contributed by atoms with Gasteiger partial charge in [0.1, 0.15) is 6.04 Å². The third-order valence-electron chi connectivity index (χ3n) is 5.33. The van der Waals surface area contributed by atoms with Crippen LogP contribution in [0.2, 0.25) is 0 Å². The molecule has 0 spiro atoms. The standard InChI is InChI=1S/C21H29N5O2/c1-14-11-15(2)26(24-14)16(3)21(28)23-19-8-6-17(7-9-19)12-25-10-4-5-18(13-25)20(22)27/h6-9,11,16,18H,4-5,10,12-13H2,1-3H3,(H2,22,27)(H,23,28). The van der Waals surface area contributed by atoms with Crippen LogP contribution in [-0.2, 0) is 16.1 Å². The molecule has 150 valence electrons. The van der Waals surface area contributed by atoms with Crippen molar-refractivity contribution in [2.45, 2.75) is 46.2 Å². The summed E-state index contributed by atoms with van der Waals surface area (Å²) in [4.78, 5) is 26.2. The number of anilines is 1. The quantitative estimate of drug-likeness (QED) is 0.801. The number of benzene rings is 1. The van der Waals surface area contributed by atoms with Gasteiger partial charge in [0, 0.05) is 24.5 Å². The predicted molar refractivity (Wildman–Crippen MR) is 109 cm³/mol. The van der Waals surface area contributed by atoms with Crippen molar-refractivity contribution in [3.8, 4) is 0 Å². The van der Waals surface area contributed by atoms with Gasteiger partial charge < -0.3 is 11.1 Å². The van der Waals surface area contributed by atoms with Gasteiger partial charge in [0.05, 0.1) is 11.6 Å². The Balaban J connectivity index is 1.57. The Labute approximate surface area is 165 Å². The predicted octanol–water partition coefficient (Wildman–Crippen LogP) is 2.40. The van der Waals surface area contributed by atoms with Gasteiger partial charge in [0.15, 0.2) is 0 Å². The van der Waals surface area contributed by atoms with Gasteiger partial charge in [-0.25, -0.2) is 0 Å². The smallest absolute Gasteiger partial charge is 0.248 e. The molecule has 1 saturated heterocycles. The summed E-state index contributed by atoms with van der Waals surface area (Å²) < 4.78 is 1.74. The topological polar surface area (TPSA) is 93.3 Å². The summed E-state index contributed by atoms with van der Waals surface area (Å²) in [5.41, 5.74) is 9.23. The van der Waals surface area contributed by atoms with Gasteiger partial charge in [-0.15, -0.1) is 0 Å². The van der Waals surface area contributed by atoms with Crippen LogP contribution < -0.4 is 11.1 Å². The molecule has 7 nitrogen and oxygen atoms in total. The minimum atomic E-state index is -0.382. The molecule has 1 aliphatic heterocycles. The minimum absolute atomic E-state index is 0.0526. The highest BCUT2D eigenvalue weighted by Gasteiger charge is 2.24. The largest absolute Gasteiger partial charge is 0.369 e. The van der Waals surface area contributed by atoms with Crippen LogP contribution >= 0.6 is 0 Å². The summed E-state index contributed by atoms with van der Waals surface area (Å²) in [6.07, 6.45) is 1.87. The van der Waals surface area contributed by atoms with Crippen LogP contribution in [0.15, 0.2) is 30.3 Å². The Hall–Kier alpha value is -2.67. The summed E-state index contributed by atoms with van der Waals surface area (Å²) in [5.74, 6) is -0.359. The van der Waals surface area contributed by atoms with E-state index in [2.05, 4.69) is 15.3 Å². The highest BCUT2D eigenvalue weighted by atomic mass is 16.2. The van der Waals surface area contributed by atoms with Crippen molar-refractivity contribution in [1.82, 2.24) is 14.7 Å². The zero-order valence-electron chi connectivity index (χ0n) is 16.8. The molecule has 0 aliphatic carbocycles. The SMILES string of the molecule is Cc1cc(C)n(C(C)C(=O)Nc2ccc(CN3CCCC(C(N)=O)C3)cc2)n1. The maximum absolute atomic E-state index is 12.6. The number of hydrogen-bond donors (Lipinski definition) is 2.